The number of hydrazone groups is 1. The highest BCUT2D eigenvalue weighted by Crippen LogP contribution is 2.29. The third-order valence-corrected chi connectivity index (χ3v) is 8.02. The van der Waals surface area contributed by atoms with Gasteiger partial charge in [0.15, 0.2) is 15.0 Å². The number of carbonyl (C=O) groups excluding carboxylic acids is 2. The molecule has 3 aliphatic rings. The van der Waals surface area contributed by atoms with Gasteiger partial charge in [-0.1, -0.05) is 6.42 Å². The van der Waals surface area contributed by atoms with Crippen LogP contribution in [0.4, 0.5) is 5.13 Å². The summed E-state index contributed by atoms with van der Waals surface area (Å²) in [6.45, 7) is 0. The van der Waals surface area contributed by atoms with Crippen LogP contribution in [0.1, 0.15) is 49.1 Å². The Morgan fingerprint density at radius 1 is 1.15 bits per heavy atom. The van der Waals surface area contributed by atoms with Crippen molar-refractivity contribution in [1.29, 1.82) is 0 Å². The molecule has 146 valence electrons. The molecular weight excluding hydrogens is 388 g/mol. The number of sulfone groups is 1. The number of thiazole rings is 1. The maximum atomic E-state index is 12.6. The number of aryl methyl sites for hydroxylation is 2. The summed E-state index contributed by atoms with van der Waals surface area (Å²) >= 11 is 1.51. The third-order valence-electron chi connectivity index (χ3n) is 5.19. The molecule has 0 spiro atoms. The first-order chi connectivity index (χ1) is 12.9. The summed E-state index contributed by atoms with van der Waals surface area (Å²) in [4.78, 5) is 30.6. The summed E-state index contributed by atoms with van der Waals surface area (Å²) in [6, 6.07) is -0.471. The zero-order chi connectivity index (χ0) is 19.0. The minimum atomic E-state index is -3.13. The van der Waals surface area contributed by atoms with Crippen molar-refractivity contribution in [2.24, 2.45) is 5.10 Å². The number of nitrogens with one attached hydrogen (secondary N) is 1. The summed E-state index contributed by atoms with van der Waals surface area (Å²) in [5, 5.41) is 8.80. The maximum Gasteiger partial charge on any atom is 0.273 e. The molecule has 27 heavy (non-hydrogen) atoms. The van der Waals surface area contributed by atoms with E-state index in [2.05, 4.69) is 15.4 Å². The number of fused-ring (bicyclic) bond motifs is 1. The zero-order valence-corrected chi connectivity index (χ0v) is 16.6. The van der Waals surface area contributed by atoms with Gasteiger partial charge in [0.05, 0.1) is 23.2 Å². The molecule has 1 aromatic rings. The van der Waals surface area contributed by atoms with E-state index in [1.165, 1.54) is 27.6 Å². The van der Waals surface area contributed by atoms with Crippen molar-refractivity contribution in [3.63, 3.8) is 0 Å². The second-order valence-electron chi connectivity index (χ2n) is 7.25. The van der Waals surface area contributed by atoms with E-state index in [0.717, 1.165) is 31.4 Å². The van der Waals surface area contributed by atoms with Crippen molar-refractivity contribution in [1.82, 2.24) is 9.99 Å². The van der Waals surface area contributed by atoms with Crippen LogP contribution in [0.15, 0.2) is 5.10 Å². The normalized spacial score (nSPS) is 24.9. The van der Waals surface area contributed by atoms with Crippen LogP contribution in [0, 0.1) is 0 Å². The van der Waals surface area contributed by atoms with Gasteiger partial charge in [-0.15, -0.1) is 11.3 Å². The number of hydrogen-bond donors (Lipinski definition) is 1. The molecule has 3 heterocycles. The molecule has 10 heteroatoms. The molecule has 4 rings (SSSR count). The van der Waals surface area contributed by atoms with Gasteiger partial charge >= 0.3 is 0 Å². The number of aromatic nitrogens is 1. The van der Waals surface area contributed by atoms with Gasteiger partial charge in [0, 0.05) is 17.7 Å². The Balaban J connectivity index is 1.48. The van der Waals surface area contributed by atoms with Crippen LogP contribution in [0.25, 0.3) is 0 Å². The van der Waals surface area contributed by atoms with Crippen molar-refractivity contribution in [2.75, 3.05) is 16.8 Å². The van der Waals surface area contributed by atoms with Gasteiger partial charge in [0.1, 0.15) is 5.71 Å². The Morgan fingerprint density at radius 3 is 2.74 bits per heavy atom. The average Bonchev–Trinajstić information content (AvgIpc) is 3.10. The van der Waals surface area contributed by atoms with Gasteiger partial charge < -0.3 is 0 Å². The monoisotopic (exact) mass is 410 g/mol. The lowest BCUT2D eigenvalue weighted by atomic mass is 10.1. The number of amides is 2. The van der Waals surface area contributed by atoms with Crippen molar-refractivity contribution >= 4 is 43.8 Å². The van der Waals surface area contributed by atoms with Gasteiger partial charge in [0.25, 0.3) is 5.91 Å². The lowest BCUT2D eigenvalue weighted by Crippen LogP contribution is -2.42. The molecule has 0 unspecified atom stereocenters. The molecule has 1 aliphatic carbocycles. The molecule has 1 N–H and O–H groups in total. The molecule has 1 fully saturated rings. The summed E-state index contributed by atoms with van der Waals surface area (Å²) in [5.41, 5.74) is 1.33. The van der Waals surface area contributed by atoms with E-state index in [9.17, 15) is 18.0 Å². The van der Waals surface area contributed by atoms with E-state index >= 15 is 0 Å². The average molecular weight is 411 g/mol. The Kier molecular flexibility index (Phi) is 5.02. The molecule has 2 aliphatic heterocycles. The molecular formula is C17H22N4O4S2. The van der Waals surface area contributed by atoms with Gasteiger partial charge in [-0.2, -0.15) is 5.10 Å². The van der Waals surface area contributed by atoms with E-state index < -0.39 is 15.9 Å². The molecule has 0 saturated carbocycles. The Morgan fingerprint density at radius 2 is 1.96 bits per heavy atom. The Hall–Kier alpha value is -1.81. The standard InChI is InChI=1S/C17H22N4O4S2/c22-15-7-6-13(20-21(15)11-8-9-27(24,25)10-11)16(23)19-17-18-12-4-2-1-3-5-14(12)26-17/h11H,1-10H2,(H,18,19,23)/t11-/m1/s1. The molecule has 0 bridgehead atoms. The van der Waals surface area contributed by atoms with Crippen LogP contribution in [-0.2, 0) is 32.3 Å². The summed E-state index contributed by atoms with van der Waals surface area (Å²) in [5.74, 6) is -0.619. The first-order valence-electron chi connectivity index (χ1n) is 9.31. The van der Waals surface area contributed by atoms with Crippen LogP contribution in [-0.4, -0.2) is 53.5 Å². The maximum absolute atomic E-state index is 12.6. The van der Waals surface area contributed by atoms with Crippen LogP contribution in [0.2, 0.25) is 0 Å². The third kappa shape index (κ3) is 4.06. The number of anilines is 1. The van der Waals surface area contributed by atoms with E-state index in [1.807, 2.05) is 0 Å². The largest absolute Gasteiger partial charge is 0.297 e. The SMILES string of the molecule is O=C(Nc1nc2c(s1)CCCCC2)C1=NN([C@@H]2CCS(=O)(=O)C2)C(=O)CC1. The minimum Gasteiger partial charge on any atom is -0.297 e. The minimum absolute atomic E-state index is 0.0587. The van der Waals surface area contributed by atoms with Gasteiger partial charge in [-0.3, -0.25) is 14.9 Å². The lowest BCUT2D eigenvalue weighted by Gasteiger charge is -2.27. The topological polar surface area (TPSA) is 109 Å². The van der Waals surface area contributed by atoms with Crippen molar-refractivity contribution in [3.8, 4) is 0 Å². The number of rotatable bonds is 3. The number of carbonyl (C=O) groups is 2. The van der Waals surface area contributed by atoms with Crippen molar-refractivity contribution in [3.05, 3.63) is 10.6 Å². The highest BCUT2D eigenvalue weighted by Gasteiger charge is 2.37. The van der Waals surface area contributed by atoms with E-state index in [1.54, 1.807) is 0 Å². The molecule has 0 aromatic carbocycles. The molecule has 1 atom stereocenters. The van der Waals surface area contributed by atoms with E-state index in [0.29, 0.717) is 11.6 Å². The van der Waals surface area contributed by atoms with Crippen LogP contribution >= 0.6 is 11.3 Å². The zero-order valence-electron chi connectivity index (χ0n) is 14.9. The second kappa shape index (κ2) is 7.31. The highest BCUT2D eigenvalue weighted by atomic mass is 32.2. The van der Waals surface area contributed by atoms with Gasteiger partial charge in [-0.05, 0) is 32.1 Å². The lowest BCUT2D eigenvalue weighted by molar-refractivity contribution is -0.133. The number of nitrogens with zero attached hydrogens (tertiary/aromatic N) is 3. The Labute approximate surface area is 162 Å². The fraction of sp³-hybridized carbons (Fsp3) is 0.647. The predicted octanol–water partition coefficient (Wildman–Crippen LogP) is 1.52. The highest BCUT2D eigenvalue weighted by molar-refractivity contribution is 7.91. The molecule has 0 radical (unpaired) electrons. The molecule has 1 aromatic heterocycles. The van der Waals surface area contributed by atoms with Gasteiger partial charge in [-0.25, -0.2) is 18.4 Å². The predicted molar refractivity (Wildman–Crippen MR) is 103 cm³/mol. The van der Waals surface area contributed by atoms with E-state index in [-0.39, 0.29) is 41.9 Å². The van der Waals surface area contributed by atoms with Crippen LogP contribution in [0.5, 0.6) is 0 Å². The van der Waals surface area contributed by atoms with Crippen molar-refractivity contribution in [2.45, 2.75) is 57.4 Å². The quantitative estimate of drug-likeness (QED) is 0.760. The molecule has 1 saturated heterocycles. The van der Waals surface area contributed by atoms with E-state index in [4.69, 9.17) is 0 Å². The van der Waals surface area contributed by atoms with Crippen LogP contribution < -0.4 is 5.32 Å². The number of hydrogen-bond acceptors (Lipinski definition) is 7. The fourth-order valence-electron chi connectivity index (χ4n) is 3.74. The smallest absolute Gasteiger partial charge is 0.273 e. The first kappa shape index (κ1) is 18.5. The second-order valence-corrected chi connectivity index (χ2v) is 10.6. The summed E-state index contributed by atoms with van der Waals surface area (Å²) in [7, 11) is -3.13. The Bertz CT molecular complexity index is 883. The summed E-state index contributed by atoms with van der Waals surface area (Å²) in [6.07, 6.45) is 6.22. The first-order valence-corrected chi connectivity index (χ1v) is 11.9. The van der Waals surface area contributed by atoms with Crippen LogP contribution in [0.3, 0.4) is 0 Å². The fourth-order valence-corrected chi connectivity index (χ4v) is 6.48. The van der Waals surface area contributed by atoms with Crippen molar-refractivity contribution < 1.29 is 18.0 Å². The molecule has 2 amide bonds. The van der Waals surface area contributed by atoms with Gasteiger partial charge in [0.2, 0.25) is 5.91 Å². The summed E-state index contributed by atoms with van der Waals surface area (Å²) < 4.78 is 23.4. The molecule has 8 nitrogen and oxygen atoms in total.